The van der Waals surface area contributed by atoms with Crippen LogP contribution in [0, 0.1) is 11.8 Å². The Morgan fingerprint density at radius 2 is 1.94 bits per heavy atom. The standard InChI is InChI=1S/C15H16O2S/c1-10-13-8-9-15(17-13,11(2)14(10)16)18-12-6-4-3-5-7-12/h3-11,13H,1-2H3/t10-,11-,13-,15+/m1/s1. The second-order valence-electron chi connectivity index (χ2n) is 4.99. The fourth-order valence-electron chi connectivity index (χ4n) is 2.61. The molecule has 0 saturated carbocycles. The number of Topliss-reactive ketones (excluding diaryl/α,β-unsaturated/α-hetero) is 1. The van der Waals surface area contributed by atoms with Crippen molar-refractivity contribution in [1.82, 2.24) is 0 Å². The molecule has 2 bridgehead atoms. The summed E-state index contributed by atoms with van der Waals surface area (Å²) in [4.78, 5) is 12.9. The maximum atomic E-state index is 12.2. The summed E-state index contributed by atoms with van der Waals surface area (Å²) in [7, 11) is 0. The lowest BCUT2D eigenvalue weighted by Gasteiger charge is -2.40. The molecule has 0 N–H and O–H groups in total. The van der Waals surface area contributed by atoms with Gasteiger partial charge in [0.05, 0.1) is 12.0 Å². The van der Waals surface area contributed by atoms with Crippen LogP contribution < -0.4 is 0 Å². The lowest BCUT2D eigenvalue weighted by molar-refractivity contribution is -0.146. The van der Waals surface area contributed by atoms with Crippen molar-refractivity contribution in [2.45, 2.75) is 29.8 Å². The van der Waals surface area contributed by atoms with E-state index in [0.29, 0.717) is 5.78 Å². The van der Waals surface area contributed by atoms with Gasteiger partial charge in [0, 0.05) is 10.8 Å². The first kappa shape index (κ1) is 12.0. The third kappa shape index (κ3) is 1.73. The van der Waals surface area contributed by atoms with E-state index in [1.807, 2.05) is 38.1 Å². The van der Waals surface area contributed by atoms with Crippen LogP contribution in [0.15, 0.2) is 47.4 Å². The minimum Gasteiger partial charge on any atom is -0.352 e. The molecule has 0 aromatic heterocycles. The molecule has 0 aliphatic carbocycles. The Labute approximate surface area is 111 Å². The number of rotatable bonds is 2. The molecule has 3 rings (SSSR count). The van der Waals surface area contributed by atoms with Crippen molar-refractivity contribution in [1.29, 1.82) is 0 Å². The van der Waals surface area contributed by atoms with E-state index in [2.05, 4.69) is 18.2 Å². The van der Waals surface area contributed by atoms with Gasteiger partial charge in [0.1, 0.15) is 10.7 Å². The van der Waals surface area contributed by atoms with Gasteiger partial charge >= 0.3 is 0 Å². The Morgan fingerprint density at radius 1 is 1.22 bits per heavy atom. The van der Waals surface area contributed by atoms with Crippen molar-refractivity contribution < 1.29 is 9.53 Å². The van der Waals surface area contributed by atoms with Gasteiger partial charge in [-0.25, -0.2) is 0 Å². The van der Waals surface area contributed by atoms with Gasteiger partial charge in [0.2, 0.25) is 0 Å². The molecule has 2 aliphatic rings. The highest BCUT2D eigenvalue weighted by atomic mass is 32.2. The molecule has 0 unspecified atom stereocenters. The summed E-state index contributed by atoms with van der Waals surface area (Å²) in [6.45, 7) is 3.93. The lowest BCUT2D eigenvalue weighted by Crippen LogP contribution is -2.48. The summed E-state index contributed by atoms with van der Waals surface area (Å²) < 4.78 is 6.11. The highest BCUT2D eigenvalue weighted by Crippen LogP contribution is 2.50. The maximum Gasteiger partial charge on any atom is 0.147 e. The third-order valence-corrected chi connectivity index (χ3v) is 5.24. The zero-order chi connectivity index (χ0) is 12.8. The maximum absolute atomic E-state index is 12.2. The minimum absolute atomic E-state index is 0.0248. The van der Waals surface area contributed by atoms with E-state index in [1.54, 1.807) is 11.8 Å². The van der Waals surface area contributed by atoms with E-state index in [0.717, 1.165) is 4.90 Å². The number of hydrogen-bond donors (Lipinski definition) is 0. The SMILES string of the molecule is C[C@@H]1C(=O)[C@H](C)[C@H]2C=C[C@@]1(Sc1ccccc1)O2. The quantitative estimate of drug-likeness (QED) is 0.763. The highest BCUT2D eigenvalue weighted by molar-refractivity contribution is 8.00. The molecule has 0 amide bonds. The summed E-state index contributed by atoms with van der Waals surface area (Å²) in [5.41, 5.74) is 0. The second-order valence-corrected chi connectivity index (χ2v) is 6.30. The molecule has 2 nitrogen and oxygen atoms in total. The first-order valence-electron chi connectivity index (χ1n) is 6.27. The normalized spacial score (nSPS) is 38.1. The summed E-state index contributed by atoms with van der Waals surface area (Å²) in [5, 5.41) is 0. The van der Waals surface area contributed by atoms with Crippen molar-refractivity contribution in [3.8, 4) is 0 Å². The molecule has 0 radical (unpaired) electrons. The van der Waals surface area contributed by atoms with Crippen LogP contribution >= 0.6 is 11.8 Å². The summed E-state index contributed by atoms with van der Waals surface area (Å²) in [6.07, 6.45) is 4.06. The second kappa shape index (κ2) is 4.25. The van der Waals surface area contributed by atoms with Crippen LogP contribution in [0.25, 0.3) is 0 Å². The highest BCUT2D eigenvalue weighted by Gasteiger charge is 2.52. The lowest BCUT2D eigenvalue weighted by atomic mass is 9.87. The van der Waals surface area contributed by atoms with E-state index < -0.39 is 4.93 Å². The van der Waals surface area contributed by atoms with E-state index >= 15 is 0 Å². The van der Waals surface area contributed by atoms with Gasteiger partial charge in [-0.15, -0.1) is 0 Å². The van der Waals surface area contributed by atoms with Crippen LogP contribution in [0.2, 0.25) is 0 Å². The fraction of sp³-hybridized carbons (Fsp3) is 0.400. The average molecular weight is 260 g/mol. The van der Waals surface area contributed by atoms with Crippen LogP contribution in [0.1, 0.15) is 13.8 Å². The average Bonchev–Trinajstić information content (AvgIpc) is 2.79. The monoisotopic (exact) mass is 260 g/mol. The number of ether oxygens (including phenoxy) is 1. The molecule has 1 aromatic rings. The van der Waals surface area contributed by atoms with Crippen LogP contribution in [0.5, 0.6) is 0 Å². The molecule has 4 atom stereocenters. The molecule has 18 heavy (non-hydrogen) atoms. The van der Waals surface area contributed by atoms with E-state index in [4.69, 9.17) is 4.74 Å². The number of benzene rings is 1. The summed E-state index contributed by atoms with van der Waals surface area (Å²) in [5.74, 6) is 0.177. The minimum atomic E-state index is -0.504. The molecule has 94 valence electrons. The zero-order valence-corrected chi connectivity index (χ0v) is 11.3. The number of thioether (sulfide) groups is 1. The molecule has 1 fully saturated rings. The molecule has 1 aromatic carbocycles. The molecular formula is C15H16O2S. The number of hydrogen-bond acceptors (Lipinski definition) is 3. The fourth-order valence-corrected chi connectivity index (χ4v) is 3.87. The molecule has 2 heterocycles. The summed E-state index contributed by atoms with van der Waals surface area (Å²) in [6, 6.07) is 10.1. The number of carbonyl (C=O) groups excluding carboxylic acids is 1. The smallest absolute Gasteiger partial charge is 0.147 e. The van der Waals surface area contributed by atoms with E-state index in [9.17, 15) is 4.79 Å². The molecular weight excluding hydrogens is 244 g/mol. The van der Waals surface area contributed by atoms with Crippen LogP contribution in [0.4, 0.5) is 0 Å². The predicted molar refractivity (Wildman–Crippen MR) is 72.4 cm³/mol. The van der Waals surface area contributed by atoms with Crippen LogP contribution in [-0.2, 0) is 9.53 Å². The van der Waals surface area contributed by atoms with Crippen molar-refractivity contribution in [3.63, 3.8) is 0 Å². The first-order valence-corrected chi connectivity index (χ1v) is 7.09. The summed E-state index contributed by atoms with van der Waals surface area (Å²) >= 11 is 1.64. The molecule has 0 spiro atoms. The largest absolute Gasteiger partial charge is 0.352 e. The van der Waals surface area contributed by atoms with E-state index in [1.165, 1.54) is 0 Å². The number of carbonyl (C=O) groups is 1. The van der Waals surface area contributed by atoms with Gasteiger partial charge in [0.15, 0.2) is 0 Å². The van der Waals surface area contributed by atoms with Crippen molar-refractivity contribution in [2.75, 3.05) is 0 Å². The Balaban J connectivity index is 1.91. The van der Waals surface area contributed by atoms with Crippen molar-refractivity contribution in [3.05, 3.63) is 42.5 Å². The Hall–Kier alpha value is -1.06. The molecule has 2 aliphatic heterocycles. The van der Waals surface area contributed by atoms with Crippen LogP contribution in [0.3, 0.4) is 0 Å². The van der Waals surface area contributed by atoms with Crippen molar-refractivity contribution >= 4 is 17.5 Å². The Bertz CT molecular complexity index is 496. The molecule has 1 saturated heterocycles. The first-order chi connectivity index (χ1) is 8.62. The third-order valence-electron chi connectivity index (χ3n) is 3.83. The van der Waals surface area contributed by atoms with Crippen LogP contribution in [-0.4, -0.2) is 16.8 Å². The van der Waals surface area contributed by atoms with Gasteiger partial charge in [-0.05, 0) is 18.2 Å². The number of fused-ring (bicyclic) bond motifs is 2. The zero-order valence-electron chi connectivity index (χ0n) is 10.5. The Kier molecular flexibility index (Phi) is 2.83. The number of ketones is 1. The Morgan fingerprint density at radius 3 is 2.67 bits per heavy atom. The van der Waals surface area contributed by atoms with E-state index in [-0.39, 0.29) is 17.9 Å². The van der Waals surface area contributed by atoms with Gasteiger partial charge in [-0.1, -0.05) is 49.9 Å². The van der Waals surface area contributed by atoms with Gasteiger partial charge < -0.3 is 4.74 Å². The van der Waals surface area contributed by atoms with Gasteiger partial charge in [-0.2, -0.15) is 0 Å². The topological polar surface area (TPSA) is 26.3 Å². The molecule has 3 heteroatoms. The predicted octanol–water partition coefficient (Wildman–Crippen LogP) is 3.28. The van der Waals surface area contributed by atoms with Gasteiger partial charge in [0.25, 0.3) is 0 Å². The van der Waals surface area contributed by atoms with Gasteiger partial charge in [-0.3, -0.25) is 4.79 Å². The van der Waals surface area contributed by atoms with Crippen molar-refractivity contribution in [2.24, 2.45) is 11.8 Å².